The van der Waals surface area contributed by atoms with Gasteiger partial charge in [-0.2, -0.15) is 13.2 Å². The average molecular weight is 367 g/mol. The number of carbonyl (C=O) groups excluding carboxylic acids is 2. The second kappa shape index (κ2) is 7.85. The maximum atomic E-state index is 12.3. The monoisotopic (exact) mass is 367 g/mol. The first-order valence-corrected chi connectivity index (χ1v) is 7.50. The van der Waals surface area contributed by atoms with E-state index in [9.17, 15) is 22.8 Å². The van der Waals surface area contributed by atoms with Gasteiger partial charge in [0.25, 0.3) is 5.91 Å². The minimum Gasteiger partial charge on any atom is -0.468 e. The summed E-state index contributed by atoms with van der Waals surface area (Å²) >= 11 is 0. The minimum atomic E-state index is -4.46. The molecule has 0 saturated heterocycles. The Hall–Kier alpha value is -3.10. The van der Waals surface area contributed by atoms with E-state index in [4.69, 9.17) is 0 Å². The fourth-order valence-electron chi connectivity index (χ4n) is 2.05. The lowest BCUT2D eigenvalue weighted by Crippen LogP contribution is -2.20. The molecule has 0 aliphatic carbocycles. The standard InChI is InChI=1S/C17H16F3N3O3/c1-10-13(22-11(2)24)4-3-5-14(10)23-16(25)12-6-7-15(21-8-12)26-9-17(18,19)20/h3-8H,9H2,1-2H3,(H,22,24)(H,23,25). The number of hydrogen-bond acceptors (Lipinski definition) is 4. The third kappa shape index (κ3) is 5.47. The normalized spacial score (nSPS) is 11.0. The van der Waals surface area contributed by atoms with Gasteiger partial charge in [0, 0.05) is 30.6 Å². The SMILES string of the molecule is CC(=O)Nc1cccc(NC(=O)c2ccc(OCC(F)(F)F)nc2)c1C. The van der Waals surface area contributed by atoms with Gasteiger partial charge >= 0.3 is 6.18 Å². The summed E-state index contributed by atoms with van der Waals surface area (Å²) in [6, 6.07) is 7.51. The first kappa shape index (κ1) is 19.2. The Kier molecular flexibility index (Phi) is 5.81. The topological polar surface area (TPSA) is 80.3 Å². The molecule has 0 aliphatic heterocycles. The third-order valence-corrected chi connectivity index (χ3v) is 3.27. The summed E-state index contributed by atoms with van der Waals surface area (Å²) in [4.78, 5) is 27.1. The fraction of sp³-hybridized carbons (Fsp3) is 0.235. The number of anilines is 2. The molecule has 2 N–H and O–H groups in total. The number of pyridine rings is 1. The lowest BCUT2D eigenvalue weighted by Gasteiger charge is -2.13. The van der Waals surface area contributed by atoms with E-state index in [0.29, 0.717) is 16.9 Å². The Bertz CT molecular complexity index is 805. The van der Waals surface area contributed by atoms with Gasteiger partial charge in [-0.3, -0.25) is 9.59 Å². The predicted octanol–water partition coefficient (Wildman–Crippen LogP) is 3.54. The molecule has 0 radical (unpaired) electrons. The molecule has 2 aromatic rings. The van der Waals surface area contributed by atoms with Crippen molar-refractivity contribution in [3.63, 3.8) is 0 Å². The Morgan fingerprint density at radius 2 is 1.77 bits per heavy atom. The van der Waals surface area contributed by atoms with Crippen molar-refractivity contribution in [2.24, 2.45) is 0 Å². The van der Waals surface area contributed by atoms with Gasteiger partial charge in [0.1, 0.15) is 0 Å². The largest absolute Gasteiger partial charge is 0.468 e. The molecule has 2 amide bonds. The quantitative estimate of drug-likeness (QED) is 0.847. The number of amides is 2. The van der Waals surface area contributed by atoms with E-state index in [1.807, 2.05) is 0 Å². The Labute approximate surface area is 147 Å². The number of rotatable bonds is 5. The molecule has 1 aromatic carbocycles. The summed E-state index contributed by atoms with van der Waals surface area (Å²) in [5.74, 6) is -0.971. The molecule has 0 spiro atoms. The van der Waals surface area contributed by atoms with Crippen molar-refractivity contribution in [2.45, 2.75) is 20.0 Å². The van der Waals surface area contributed by atoms with Crippen LogP contribution in [0.15, 0.2) is 36.5 Å². The number of aromatic nitrogens is 1. The first-order chi connectivity index (χ1) is 12.2. The second-order valence-corrected chi connectivity index (χ2v) is 5.40. The van der Waals surface area contributed by atoms with Crippen LogP contribution in [0, 0.1) is 6.92 Å². The number of nitrogens with one attached hydrogen (secondary N) is 2. The Morgan fingerprint density at radius 1 is 1.12 bits per heavy atom. The zero-order chi connectivity index (χ0) is 19.3. The second-order valence-electron chi connectivity index (χ2n) is 5.40. The van der Waals surface area contributed by atoms with Gasteiger partial charge in [-0.05, 0) is 30.7 Å². The molecule has 0 atom stereocenters. The maximum absolute atomic E-state index is 12.3. The van der Waals surface area contributed by atoms with Crippen LogP contribution in [-0.2, 0) is 4.79 Å². The number of alkyl halides is 3. The zero-order valence-electron chi connectivity index (χ0n) is 14.0. The first-order valence-electron chi connectivity index (χ1n) is 7.50. The van der Waals surface area contributed by atoms with Crippen molar-refractivity contribution in [3.8, 4) is 5.88 Å². The van der Waals surface area contributed by atoms with Crippen molar-refractivity contribution in [3.05, 3.63) is 47.7 Å². The van der Waals surface area contributed by atoms with E-state index in [1.54, 1.807) is 25.1 Å². The van der Waals surface area contributed by atoms with Crippen LogP contribution in [0.3, 0.4) is 0 Å². The molecule has 0 fully saturated rings. The van der Waals surface area contributed by atoms with Gasteiger partial charge in [-0.25, -0.2) is 4.98 Å². The summed E-state index contributed by atoms with van der Waals surface area (Å²) in [6.07, 6.45) is -3.35. The van der Waals surface area contributed by atoms with Gasteiger partial charge in [-0.1, -0.05) is 6.07 Å². The lowest BCUT2D eigenvalue weighted by atomic mass is 10.1. The highest BCUT2D eigenvalue weighted by Crippen LogP contribution is 2.24. The smallest absolute Gasteiger partial charge is 0.422 e. The van der Waals surface area contributed by atoms with Crippen LogP contribution in [0.1, 0.15) is 22.8 Å². The summed E-state index contributed by atoms with van der Waals surface area (Å²) in [5, 5.41) is 5.31. The number of carbonyl (C=O) groups is 2. The van der Waals surface area contributed by atoms with Crippen LogP contribution in [0.2, 0.25) is 0 Å². The maximum Gasteiger partial charge on any atom is 0.422 e. The number of nitrogens with zero attached hydrogens (tertiary/aromatic N) is 1. The molecule has 9 heteroatoms. The molecule has 1 aromatic heterocycles. The lowest BCUT2D eigenvalue weighted by molar-refractivity contribution is -0.154. The van der Waals surface area contributed by atoms with Gasteiger partial charge in [0.05, 0.1) is 5.56 Å². The fourth-order valence-corrected chi connectivity index (χ4v) is 2.05. The van der Waals surface area contributed by atoms with E-state index in [-0.39, 0.29) is 17.4 Å². The van der Waals surface area contributed by atoms with E-state index in [1.165, 1.54) is 19.1 Å². The van der Waals surface area contributed by atoms with E-state index >= 15 is 0 Å². The van der Waals surface area contributed by atoms with Crippen molar-refractivity contribution < 1.29 is 27.5 Å². The molecular weight excluding hydrogens is 351 g/mol. The summed E-state index contributed by atoms with van der Waals surface area (Å²) in [5.41, 5.74) is 1.85. The van der Waals surface area contributed by atoms with Crippen molar-refractivity contribution in [2.75, 3.05) is 17.2 Å². The van der Waals surface area contributed by atoms with E-state index in [2.05, 4.69) is 20.4 Å². The third-order valence-electron chi connectivity index (χ3n) is 3.27. The highest BCUT2D eigenvalue weighted by Gasteiger charge is 2.28. The molecule has 2 rings (SSSR count). The molecule has 6 nitrogen and oxygen atoms in total. The Balaban J connectivity index is 2.07. The molecule has 1 heterocycles. The van der Waals surface area contributed by atoms with Gasteiger partial charge in [-0.15, -0.1) is 0 Å². The zero-order valence-corrected chi connectivity index (χ0v) is 14.0. The van der Waals surface area contributed by atoms with Gasteiger partial charge in [0.2, 0.25) is 11.8 Å². The van der Waals surface area contributed by atoms with Gasteiger partial charge in [0.15, 0.2) is 6.61 Å². The predicted molar refractivity (Wildman–Crippen MR) is 89.2 cm³/mol. The number of halogens is 3. The van der Waals surface area contributed by atoms with Crippen LogP contribution in [-0.4, -0.2) is 29.6 Å². The van der Waals surface area contributed by atoms with Gasteiger partial charge < -0.3 is 15.4 Å². The molecule has 26 heavy (non-hydrogen) atoms. The highest BCUT2D eigenvalue weighted by atomic mass is 19.4. The summed E-state index contributed by atoms with van der Waals surface area (Å²) in [7, 11) is 0. The van der Waals surface area contributed by atoms with Crippen LogP contribution < -0.4 is 15.4 Å². The number of hydrogen-bond donors (Lipinski definition) is 2. The number of benzene rings is 1. The van der Waals surface area contributed by atoms with Crippen molar-refractivity contribution >= 4 is 23.2 Å². The van der Waals surface area contributed by atoms with Crippen LogP contribution >= 0.6 is 0 Å². The molecule has 0 saturated carbocycles. The number of ether oxygens (including phenoxy) is 1. The van der Waals surface area contributed by atoms with Crippen LogP contribution in [0.25, 0.3) is 0 Å². The molecule has 138 valence electrons. The molecule has 0 aliphatic rings. The van der Waals surface area contributed by atoms with Crippen molar-refractivity contribution in [1.29, 1.82) is 0 Å². The molecular formula is C17H16F3N3O3. The molecule has 0 unspecified atom stereocenters. The summed E-state index contributed by atoms with van der Waals surface area (Å²) in [6.45, 7) is 1.65. The van der Waals surface area contributed by atoms with Crippen molar-refractivity contribution in [1.82, 2.24) is 4.98 Å². The highest BCUT2D eigenvalue weighted by molar-refractivity contribution is 6.05. The van der Waals surface area contributed by atoms with Crippen LogP contribution in [0.5, 0.6) is 5.88 Å². The summed E-state index contributed by atoms with van der Waals surface area (Å²) < 4.78 is 40.8. The van der Waals surface area contributed by atoms with Crippen LogP contribution in [0.4, 0.5) is 24.5 Å². The molecule has 0 bridgehead atoms. The average Bonchev–Trinajstić information content (AvgIpc) is 2.56. The van der Waals surface area contributed by atoms with E-state index < -0.39 is 18.7 Å². The Morgan fingerprint density at radius 3 is 2.31 bits per heavy atom. The van der Waals surface area contributed by atoms with E-state index in [0.717, 1.165) is 6.20 Å². The minimum absolute atomic E-state index is 0.147.